The molecule has 1 aliphatic rings. The van der Waals surface area contributed by atoms with Crippen LogP contribution in [0.1, 0.15) is 34.5 Å². The lowest BCUT2D eigenvalue weighted by atomic mass is 9.89. The molecule has 2 atom stereocenters. The SMILES string of the molecule is Cn1ccc2nc(C(=O)N[C@H]3CC[C@@H]3O)cc(Cc3ccc(-c4nccs4)cc3)c21. The summed E-state index contributed by atoms with van der Waals surface area (Å²) in [6.07, 6.45) is 5.56. The maximum absolute atomic E-state index is 12.7. The summed E-state index contributed by atoms with van der Waals surface area (Å²) in [4.78, 5) is 21.7. The molecule has 1 amide bonds. The van der Waals surface area contributed by atoms with Crippen molar-refractivity contribution < 1.29 is 9.90 Å². The van der Waals surface area contributed by atoms with Crippen LogP contribution < -0.4 is 5.32 Å². The first-order valence-corrected chi connectivity index (χ1v) is 10.9. The molecule has 0 saturated heterocycles. The molecular formula is C23H22N4O2S. The Morgan fingerprint density at radius 2 is 2.10 bits per heavy atom. The van der Waals surface area contributed by atoms with Gasteiger partial charge in [-0.2, -0.15) is 0 Å². The standard InChI is InChI=1S/C23H22N4O2S/c1-27-10-8-18-21(27)16(13-19(25-18)22(29)26-17-6-7-20(17)28)12-14-2-4-15(5-3-14)23-24-9-11-30-23/h2-5,8-11,13,17,20,28H,6-7,12H2,1H3,(H,26,29)/t17-,20-/m0/s1. The third-order valence-electron chi connectivity index (χ3n) is 5.72. The molecule has 4 aromatic rings. The van der Waals surface area contributed by atoms with Gasteiger partial charge in [0.15, 0.2) is 0 Å². The van der Waals surface area contributed by atoms with E-state index in [2.05, 4.69) is 39.6 Å². The minimum Gasteiger partial charge on any atom is -0.391 e. The van der Waals surface area contributed by atoms with Crippen LogP contribution in [0.4, 0.5) is 0 Å². The number of amides is 1. The summed E-state index contributed by atoms with van der Waals surface area (Å²) >= 11 is 1.62. The summed E-state index contributed by atoms with van der Waals surface area (Å²) in [5.74, 6) is -0.232. The predicted molar refractivity (Wildman–Crippen MR) is 118 cm³/mol. The van der Waals surface area contributed by atoms with Crippen LogP contribution in [0.3, 0.4) is 0 Å². The number of aliphatic hydroxyl groups is 1. The number of aryl methyl sites for hydroxylation is 1. The number of rotatable bonds is 5. The molecule has 5 rings (SSSR count). The number of aliphatic hydroxyl groups excluding tert-OH is 1. The molecule has 0 aliphatic heterocycles. The van der Waals surface area contributed by atoms with Gasteiger partial charge in [-0.25, -0.2) is 9.97 Å². The fraction of sp³-hybridized carbons (Fsp3) is 0.261. The van der Waals surface area contributed by atoms with E-state index in [9.17, 15) is 9.90 Å². The van der Waals surface area contributed by atoms with Gasteiger partial charge < -0.3 is 15.0 Å². The Hall–Kier alpha value is -3.03. The van der Waals surface area contributed by atoms with Gasteiger partial charge in [0.1, 0.15) is 10.7 Å². The van der Waals surface area contributed by atoms with Gasteiger partial charge in [-0.1, -0.05) is 24.3 Å². The number of carbonyl (C=O) groups is 1. The monoisotopic (exact) mass is 418 g/mol. The van der Waals surface area contributed by atoms with Gasteiger partial charge in [-0.15, -0.1) is 11.3 Å². The number of hydrogen-bond donors (Lipinski definition) is 2. The Morgan fingerprint density at radius 1 is 1.27 bits per heavy atom. The topological polar surface area (TPSA) is 80.0 Å². The summed E-state index contributed by atoms with van der Waals surface area (Å²) in [6.45, 7) is 0. The van der Waals surface area contributed by atoms with Gasteiger partial charge in [0, 0.05) is 30.4 Å². The van der Waals surface area contributed by atoms with E-state index in [4.69, 9.17) is 0 Å². The Morgan fingerprint density at radius 3 is 2.77 bits per heavy atom. The number of pyridine rings is 1. The van der Waals surface area contributed by atoms with Crippen molar-refractivity contribution in [3.63, 3.8) is 0 Å². The number of benzene rings is 1. The van der Waals surface area contributed by atoms with E-state index in [1.165, 1.54) is 0 Å². The molecule has 0 bridgehead atoms. The lowest BCUT2D eigenvalue weighted by Gasteiger charge is -2.32. The number of nitrogens with zero attached hydrogens (tertiary/aromatic N) is 3. The molecule has 3 heterocycles. The molecule has 1 fully saturated rings. The van der Waals surface area contributed by atoms with Crippen molar-refractivity contribution in [3.8, 4) is 10.6 Å². The largest absolute Gasteiger partial charge is 0.391 e. The average molecular weight is 419 g/mol. The van der Waals surface area contributed by atoms with Crippen LogP contribution in [0, 0.1) is 0 Å². The average Bonchev–Trinajstić information content (AvgIpc) is 3.42. The van der Waals surface area contributed by atoms with E-state index in [1.807, 2.05) is 41.5 Å². The molecule has 0 spiro atoms. The highest BCUT2D eigenvalue weighted by atomic mass is 32.1. The Kier molecular flexibility index (Phi) is 4.84. The summed E-state index contributed by atoms with van der Waals surface area (Å²) in [5.41, 5.74) is 5.53. The lowest BCUT2D eigenvalue weighted by Crippen LogP contribution is -2.50. The molecule has 7 heteroatoms. The molecule has 152 valence electrons. The molecule has 3 aromatic heterocycles. The zero-order chi connectivity index (χ0) is 20.7. The van der Waals surface area contributed by atoms with Crippen LogP contribution in [-0.4, -0.2) is 37.7 Å². The van der Waals surface area contributed by atoms with E-state index in [0.29, 0.717) is 12.1 Å². The van der Waals surface area contributed by atoms with E-state index in [0.717, 1.165) is 45.6 Å². The minimum atomic E-state index is -0.453. The van der Waals surface area contributed by atoms with Crippen LogP contribution in [-0.2, 0) is 13.5 Å². The summed E-state index contributed by atoms with van der Waals surface area (Å²) < 4.78 is 2.04. The highest BCUT2D eigenvalue weighted by Crippen LogP contribution is 2.26. The number of hydrogen-bond acceptors (Lipinski definition) is 5. The zero-order valence-corrected chi connectivity index (χ0v) is 17.4. The maximum atomic E-state index is 12.7. The van der Waals surface area contributed by atoms with E-state index >= 15 is 0 Å². The third kappa shape index (κ3) is 3.51. The molecule has 30 heavy (non-hydrogen) atoms. The second-order valence-electron chi connectivity index (χ2n) is 7.76. The van der Waals surface area contributed by atoms with Gasteiger partial charge in [-0.05, 0) is 42.5 Å². The summed E-state index contributed by atoms with van der Waals surface area (Å²) in [6, 6.07) is 12.0. The Balaban J connectivity index is 1.45. The molecule has 2 N–H and O–H groups in total. The van der Waals surface area contributed by atoms with Crippen molar-refractivity contribution in [2.24, 2.45) is 7.05 Å². The smallest absolute Gasteiger partial charge is 0.270 e. The Bertz CT molecular complexity index is 1200. The van der Waals surface area contributed by atoms with Crippen molar-refractivity contribution in [2.75, 3.05) is 0 Å². The van der Waals surface area contributed by atoms with Crippen LogP contribution in [0.5, 0.6) is 0 Å². The quantitative estimate of drug-likeness (QED) is 0.520. The molecule has 1 aromatic carbocycles. The van der Waals surface area contributed by atoms with Crippen molar-refractivity contribution in [3.05, 3.63) is 71.0 Å². The Labute approximate surface area is 178 Å². The first-order valence-electron chi connectivity index (χ1n) is 10.0. The van der Waals surface area contributed by atoms with Gasteiger partial charge in [0.05, 0.1) is 23.2 Å². The highest BCUT2D eigenvalue weighted by Gasteiger charge is 2.30. The fourth-order valence-electron chi connectivity index (χ4n) is 3.89. The fourth-order valence-corrected chi connectivity index (χ4v) is 4.53. The second-order valence-corrected chi connectivity index (χ2v) is 8.66. The van der Waals surface area contributed by atoms with Crippen molar-refractivity contribution >= 4 is 28.3 Å². The van der Waals surface area contributed by atoms with Crippen LogP contribution >= 0.6 is 11.3 Å². The van der Waals surface area contributed by atoms with Gasteiger partial charge in [0.2, 0.25) is 0 Å². The first kappa shape index (κ1) is 19.0. The lowest BCUT2D eigenvalue weighted by molar-refractivity contribution is 0.0446. The normalized spacial score (nSPS) is 18.3. The van der Waals surface area contributed by atoms with E-state index in [-0.39, 0.29) is 11.9 Å². The number of aromatic nitrogens is 3. The zero-order valence-electron chi connectivity index (χ0n) is 16.6. The molecule has 6 nitrogen and oxygen atoms in total. The van der Waals surface area contributed by atoms with Crippen molar-refractivity contribution in [1.82, 2.24) is 19.9 Å². The van der Waals surface area contributed by atoms with Crippen molar-refractivity contribution in [2.45, 2.75) is 31.4 Å². The summed E-state index contributed by atoms with van der Waals surface area (Å²) in [7, 11) is 1.99. The maximum Gasteiger partial charge on any atom is 0.270 e. The van der Waals surface area contributed by atoms with Crippen molar-refractivity contribution in [1.29, 1.82) is 0 Å². The van der Waals surface area contributed by atoms with Crippen LogP contribution in [0.15, 0.2) is 54.2 Å². The van der Waals surface area contributed by atoms with Gasteiger partial charge in [0.25, 0.3) is 5.91 Å². The molecule has 0 radical (unpaired) electrons. The van der Waals surface area contributed by atoms with E-state index in [1.54, 1.807) is 11.3 Å². The molecule has 1 saturated carbocycles. The number of nitrogens with one attached hydrogen (secondary N) is 1. The molecular weight excluding hydrogens is 396 g/mol. The minimum absolute atomic E-state index is 0.173. The highest BCUT2D eigenvalue weighted by molar-refractivity contribution is 7.13. The van der Waals surface area contributed by atoms with Crippen LogP contribution in [0.2, 0.25) is 0 Å². The number of fused-ring (bicyclic) bond motifs is 1. The molecule has 1 aliphatic carbocycles. The van der Waals surface area contributed by atoms with Gasteiger partial charge in [-0.3, -0.25) is 4.79 Å². The number of thiazole rings is 1. The van der Waals surface area contributed by atoms with Crippen LogP contribution in [0.25, 0.3) is 21.6 Å². The summed E-state index contributed by atoms with van der Waals surface area (Å²) in [5, 5.41) is 15.7. The third-order valence-corrected chi connectivity index (χ3v) is 6.54. The second kappa shape index (κ2) is 7.66. The first-order chi connectivity index (χ1) is 14.6. The van der Waals surface area contributed by atoms with E-state index < -0.39 is 6.10 Å². The van der Waals surface area contributed by atoms with Gasteiger partial charge >= 0.3 is 0 Å². The number of carbonyl (C=O) groups excluding carboxylic acids is 1. The molecule has 0 unspecified atom stereocenters. The predicted octanol–water partition coefficient (Wildman–Crippen LogP) is 3.54.